The molecule has 0 saturated carbocycles. The summed E-state index contributed by atoms with van der Waals surface area (Å²) in [6.45, 7) is 6.97. The molecule has 0 radical (unpaired) electrons. The van der Waals surface area contributed by atoms with E-state index in [1.165, 1.54) is 40.1 Å². The molecule has 0 aromatic carbocycles. The molecule has 0 aliphatic carbocycles. The number of nitrogens with zero attached hydrogens (tertiary/aromatic N) is 5. The van der Waals surface area contributed by atoms with Gasteiger partial charge in [-0.05, 0) is 31.1 Å². The normalized spacial score (nSPS) is 15.8. The number of anilines is 2. The van der Waals surface area contributed by atoms with Crippen molar-refractivity contribution in [3.8, 4) is 0 Å². The third-order valence-corrected chi connectivity index (χ3v) is 7.99. The zero-order valence-corrected chi connectivity index (χ0v) is 26.8. The monoisotopic (exact) mass is 639 g/mol. The van der Waals surface area contributed by atoms with Gasteiger partial charge in [-0.3, -0.25) is 28.9 Å². The van der Waals surface area contributed by atoms with Gasteiger partial charge in [-0.15, -0.1) is 11.3 Å². The lowest BCUT2D eigenvalue weighted by Crippen LogP contribution is -2.55. The van der Waals surface area contributed by atoms with Crippen molar-refractivity contribution in [1.29, 1.82) is 0 Å². The van der Waals surface area contributed by atoms with Crippen LogP contribution in [0.4, 0.5) is 10.9 Å². The van der Waals surface area contributed by atoms with Gasteiger partial charge in [0, 0.05) is 47.8 Å². The molecule has 4 rings (SSSR count). The Hall–Kier alpha value is -4.63. The van der Waals surface area contributed by atoms with Gasteiger partial charge in [-0.25, -0.2) is 14.8 Å². The van der Waals surface area contributed by atoms with E-state index >= 15 is 0 Å². The molecule has 240 valence electrons. The Labute approximate surface area is 264 Å². The van der Waals surface area contributed by atoms with Gasteiger partial charge in [0.1, 0.15) is 11.5 Å². The molecule has 1 aliphatic rings. The predicted octanol–water partition coefficient (Wildman–Crippen LogP) is 1.45. The van der Waals surface area contributed by atoms with E-state index in [-0.39, 0.29) is 57.5 Å². The molecule has 1 atom stereocenters. The Morgan fingerprint density at radius 3 is 2.58 bits per heavy atom. The molecule has 1 fully saturated rings. The number of amides is 3. The largest absolute Gasteiger partial charge is 0.478 e. The number of thiazole rings is 1. The molecule has 15 heteroatoms. The minimum Gasteiger partial charge on any atom is -0.478 e. The first-order valence-electron chi connectivity index (χ1n) is 14.4. The van der Waals surface area contributed by atoms with Gasteiger partial charge in [0.25, 0.3) is 23.3 Å². The van der Waals surface area contributed by atoms with Crippen LogP contribution in [0.5, 0.6) is 0 Å². The van der Waals surface area contributed by atoms with Gasteiger partial charge in [-0.2, -0.15) is 0 Å². The molecule has 14 nitrogen and oxygen atoms in total. The fourth-order valence-electron chi connectivity index (χ4n) is 5.09. The average Bonchev–Trinajstić information content (AvgIpc) is 3.40. The number of fused-ring (bicyclic) bond motifs is 1. The predicted molar refractivity (Wildman–Crippen MR) is 171 cm³/mol. The van der Waals surface area contributed by atoms with Gasteiger partial charge in [0.2, 0.25) is 0 Å². The number of carbonyl (C=O) groups is 4. The molecule has 4 heterocycles. The van der Waals surface area contributed by atoms with Crippen LogP contribution in [-0.4, -0.2) is 94.0 Å². The van der Waals surface area contributed by atoms with Crippen molar-refractivity contribution in [1.82, 2.24) is 19.7 Å². The van der Waals surface area contributed by atoms with Gasteiger partial charge in [0.15, 0.2) is 18.2 Å². The number of nitrogens with two attached hydrogens (primary N) is 1. The summed E-state index contributed by atoms with van der Waals surface area (Å²) in [5, 5.41) is 17.4. The Morgan fingerprint density at radius 2 is 1.93 bits per heavy atom. The Balaban J connectivity index is 1.63. The zero-order chi connectivity index (χ0) is 33.1. The average molecular weight is 640 g/mol. The molecule has 1 aliphatic heterocycles. The van der Waals surface area contributed by atoms with Crippen molar-refractivity contribution in [3.05, 3.63) is 57.0 Å². The summed E-state index contributed by atoms with van der Waals surface area (Å²) in [4.78, 5) is 73.3. The summed E-state index contributed by atoms with van der Waals surface area (Å²) in [5.41, 5.74) is 6.00. The highest BCUT2D eigenvalue weighted by Crippen LogP contribution is 2.27. The van der Waals surface area contributed by atoms with Crippen LogP contribution in [0.15, 0.2) is 34.6 Å². The number of piperidine rings is 1. The van der Waals surface area contributed by atoms with E-state index in [1.807, 2.05) is 31.1 Å². The molecule has 5 N–H and O–H groups in total. The second-order valence-corrected chi connectivity index (χ2v) is 13.6. The fourth-order valence-corrected chi connectivity index (χ4v) is 6.03. The van der Waals surface area contributed by atoms with Crippen molar-refractivity contribution in [2.24, 2.45) is 5.73 Å². The maximum absolute atomic E-state index is 13.6. The maximum Gasteiger partial charge on any atom is 0.328 e. The van der Waals surface area contributed by atoms with E-state index in [2.05, 4.69) is 15.6 Å². The molecule has 3 aromatic heterocycles. The van der Waals surface area contributed by atoms with Crippen molar-refractivity contribution in [3.63, 3.8) is 0 Å². The number of carboxylic acid groups (broad SMARTS) is 1. The molecule has 0 unspecified atom stereocenters. The van der Waals surface area contributed by atoms with E-state index in [0.717, 1.165) is 11.8 Å². The van der Waals surface area contributed by atoms with Crippen molar-refractivity contribution < 1.29 is 28.8 Å². The number of hydrogen-bond donors (Lipinski definition) is 4. The van der Waals surface area contributed by atoms with Crippen molar-refractivity contribution in [2.75, 3.05) is 50.5 Å². The Morgan fingerprint density at radius 1 is 1.20 bits per heavy atom. The number of nitrogens with one attached hydrogen (secondary N) is 2. The minimum atomic E-state index is -1.23. The van der Waals surface area contributed by atoms with Crippen molar-refractivity contribution >= 4 is 57.7 Å². The van der Waals surface area contributed by atoms with Crippen LogP contribution in [0.25, 0.3) is 11.7 Å². The van der Waals surface area contributed by atoms with Crippen LogP contribution in [0.1, 0.15) is 55.2 Å². The summed E-state index contributed by atoms with van der Waals surface area (Å²) in [6.07, 6.45) is 4.85. The van der Waals surface area contributed by atoms with Gasteiger partial charge in [0.05, 0.1) is 25.4 Å². The number of likely N-dealkylation sites (N-methyl/N-ethyl adjacent to an activating group) is 1. The molecule has 0 spiro atoms. The number of aliphatic carboxylic acids is 1. The van der Waals surface area contributed by atoms with E-state index < -0.39 is 23.3 Å². The number of carboxylic acids is 1. The minimum absolute atomic E-state index is 0.0102. The molecule has 0 bridgehead atoms. The summed E-state index contributed by atoms with van der Waals surface area (Å²) in [7, 11) is 3.47. The molecule has 45 heavy (non-hydrogen) atoms. The topological polar surface area (TPSA) is 189 Å². The molecule has 3 aromatic rings. The van der Waals surface area contributed by atoms with Crippen molar-refractivity contribution in [2.45, 2.75) is 45.1 Å². The third kappa shape index (κ3) is 8.51. The second kappa shape index (κ2) is 13.2. The third-order valence-electron chi connectivity index (χ3n) is 7.23. The lowest BCUT2D eigenvalue weighted by molar-refractivity contribution is -0.874. The number of rotatable bonds is 10. The Bertz CT molecular complexity index is 1720. The maximum atomic E-state index is 13.6. The van der Waals surface area contributed by atoms with Crippen LogP contribution >= 0.6 is 11.3 Å². The number of aromatic nitrogens is 3. The Kier molecular flexibility index (Phi) is 9.73. The van der Waals surface area contributed by atoms with Crippen LogP contribution in [-0.2, 0) is 19.8 Å². The fraction of sp³-hybridized carbons (Fsp3) is 0.433. The molecular weight excluding hydrogens is 600 g/mol. The lowest BCUT2D eigenvalue weighted by atomic mass is 9.93. The molecular formula is C30H39N8O6S+. The smallest absolute Gasteiger partial charge is 0.328 e. The van der Waals surface area contributed by atoms with Gasteiger partial charge < -0.3 is 25.5 Å². The number of hydrogen-bond acceptors (Lipinski definition) is 9. The highest BCUT2D eigenvalue weighted by Gasteiger charge is 2.29. The van der Waals surface area contributed by atoms with Gasteiger partial charge >= 0.3 is 5.97 Å². The first kappa shape index (κ1) is 33.3. The summed E-state index contributed by atoms with van der Waals surface area (Å²) >= 11 is 1.32. The number of primary amides is 1. The summed E-state index contributed by atoms with van der Waals surface area (Å²) in [5.74, 6) is -2.17. The van der Waals surface area contributed by atoms with E-state index in [1.54, 1.807) is 14.1 Å². The van der Waals surface area contributed by atoms with E-state index in [0.29, 0.717) is 31.1 Å². The second-order valence-electron chi connectivity index (χ2n) is 12.8. The first-order valence-corrected chi connectivity index (χ1v) is 15.3. The number of quaternary nitrogens is 1. The standard InChI is InChI=1S/C30H38N8O6S/c1-30(2,3)21-17-45-29(33-21)35-27(43)18-10-12-37-23(13-18)34-26(20(28(37)44)8-9-25(41)42)36-11-6-7-19(14-36)32-24(40)16-38(4,5)15-22(31)39/h8-10,12-13,17,19H,6-7,11,14-16H2,1-5H3,(H4-,31,32,33,35,39,40,41,42,43)/p+1/t19-/m0/s1. The SMILES string of the molecule is CC(C)(C)c1csc(NC(=O)c2ccn3c(=O)c(C=CC(=O)O)c(N4CCC[C@H](NC(=O)C[N+](C)(C)CC(N)=O)C4)nc3c2)n1. The zero-order valence-electron chi connectivity index (χ0n) is 26.0. The van der Waals surface area contributed by atoms with E-state index in [9.17, 15) is 29.1 Å². The van der Waals surface area contributed by atoms with E-state index in [4.69, 9.17) is 10.7 Å². The number of pyridine rings is 1. The van der Waals surface area contributed by atoms with Crippen LogP contribution in [0, 0.1) is 0 Å². The van der Waals surface area contributed by atoms with Crippen LogP contribution < -0.4 is 26.8 Å². The molecule has 1 saturated heterocycles. The summed E-state index contributed by atoms with van der Waals surface area (Å²) < 4.78 is 1.35. The highest BCUT2D eigenvalue weighted by atomic mass is 32.1. The molecule has 3 amide bonds. The quantitative estimate of drug-likeness (QED) is 0.188. The highest BCUT2D eigenvalue weighted by molar-refractivity contribution is 7.14. The summed E-state index contributed by atoms with van der Waals surface area (Å²) in [6, 6.07) is 2.69. The van der Waals surface area contributed by atoms with Crippen LogP contribution in [0.3, 0.4) is 0 Å². The number of carbonyl (C=O) groups excluding carboxylic acids is 3. The van der Waals surface area contributed by atoms with Crippen LogP contribution in [0.2, 0.25) is 0 Å². The lowest BCUT2D eigenvalue weighted by Gasteiger charge is -2.35. The van der Waals surface area contributed by atoms with Gasteiger partial charge in [-0.1, -0.05) is 20.8 Å². The first-order chi connectivity index (χ1) is 21.0.